The number of aromatic nitrogens is 1. The van der Waals surface area contributed by atoms with Crippen LogP contribution in [0.3, 0.4) is 0 Å². The van der Waals surface area contributed by atoms with E-state index in [0.717, 1.165) is 24.0 Å². The summed E-state index contributed by atoms with van der Waals surface area (Å²) in [5.41, 5.74) is 1.67. The Balaban J connectivity index is 1.81. The van der Waals surface area contributed by atoms with Gasteiger partial charge in [-0.2, -0.15) is 0 Å². The van der Waals surface area contributed by atoms with Crippen molar-refractivity contribution in [3.8, 4) is 5.88 Å². The van der Waals surface area contributed by atoms with Crippen molar-refractivity contribution in [1.82, 2.24) is 10.3 Å². The number of halogens is 1. The first-order valence-corrected chi connectivity index (χ1v) is 8.27. The highest BCUT2D eigenvalue weighted by Crippen LogP contribution is 2.14. The fraction of sp³-hybridized carbons (Fsp3) is 0.368. The average Bonchev–Trinajstić information content (AvgIpc) is 2.59. The van der Waals surface area contributed by atoms with E-state index in [1.165, 1.54) is 12.1 Å². The van der Waals surface area contributed by atoms with Gasteiger partial charge in [0.1, 0.15) is 5.82 Å². The number of hydrogen-bond donors (Lipinski definition) is 1. The molecule has 0 atom stereocenters. The van der Waals surface area contributed by atoms with Gasteiger partial charge in [0.25, 0.3) is 0 Å². The molecule has 0 aliphatic rings. The van der Waals surface area contributed by atoms with Crippen LogP contribution >= 0.6 is 0 Å². The van der Waals surface area contributed by atoms with Gasteiger partial charge < -0.3 is 10.1 Å². The first kappa shape index (κ1) is 17.9. The van der Waals surface area contributed by atoms with E-state index in [0.29, 0.717) is 31.9 Å². The molecule has 0 unspecified atom stereocenters. The minimum atomic E-state index is -0.280. The second-order valence-corrected chi connectivity index (χ2v) is 5.58. The summed E-state index contributed by atoms with van der Waals surface area (Å²) in [4.78, 5) is 16.2. The lowest BCUT2D eigenvalue weighted by molar-refractivity contribution is -0.121. The lowest BCUT2D eigenvalue weighted by atomic mass is 10.1. The number of unbranched alkanes of at least 4 members (excludes halogenated alkanes) is 1. The molecule has 24 heavy (non-hydrogen) atoms. The standard InChI is InChI=1S/C19H23FN2O2/c1-2-3-12-24-19-16(7-5-11-21-19)14-22-18(23)10-9-15-6-4-8-17(20)13-15/h4-8,11,13H,2-3,9-10,12,14H2,1H3,(H,22,23). The summed E-state index contributed by atoms with van der Waals surface area (Å²) in [7, 11) is 0. The number of nitrogens with one attached hydrogen (secondary N) is 1. The number of aryl methyl sites for hydroxylation is 1. The summed E-state index contributed by atoms with van der Waals surface area (Å²) < 4.78 is 18.8. The Bertz CT molecular complexity index is 661. The van der Waals surface area contributed by atoms with Crippen LogP contribution in [-0.2, 0) is 17.8 Å². The van der Waals surface area contributed by atoms with Crippen molar-refractivity contribution in [2.45, 2.75) is 39.2 Å². The predicted octanol–water partition coefficient (Wildman–Crippen LogP) is 3.65. The Kier molecular flexibility index (Phi) is 7.21. The Morgan fingerprint density at radius 3 is 2.96 bits per heavy atom. The van der Waals surface area contributed by atoms with Gasteiger partial charge in [0.2, 0.25) is 11.8 Å². The summed E-state index contributed by atoms with van der Waals surface area (Å²) in [6.07, 6.45) is 4.53. The Morgan fingerprint density at radius 2 is 2.17 bits per heavy atom. The van der Waals surface area contributed by atoms with Crippen LogP contribution < -0.4 is 10.1 Å². The number of nitrogens with zero attached hydrogens (tertiary/aromatic N) is 1. The molecule has 2 rings (SSSR count). The summed E-state index contributed by atoms with van der Waals surface area (Å²) in [6, 6.07) is 10.0. The molecule has 4 nitrogen and oxygen atoms in total. The zero-order valence-corrected chi connectivity index (χ0v) is 13.9. The molecule has 1 aromatic carbocycles. The van der Waals surface area contributed by atoms with Crippen molar-refractivity contribution in [2.75, 3.05) is 6.61 Å². The van der Waals surface area contributed by atoms with Crippen LogP contribution in [0.4, 0.5) is 4.39 Å². The monoisotopic (exact) mass is 330 g/mol. The van der Waals surface area contributed by atoms with Crippen LogP contribution in [0, 0.1) is 5.82 Å². The van der Waals surface area contributed by atoms with Gasteiger partial charge in [0.15, 0.2) is 0 Å². The lowest BCUT2D eigenvalue weighted by Crippen LogP contribution is -2.23. The number of rotatable bonds is 9. The second kappa shape index (κ2) is 9.65. The van der Waals surface area contributed by atoms with Crippen molar-refractivity contribution in [3.63, 3.8) is 0 Å². The molecule has 1 N–H and O–H groups in total. The molecule has 1 amide bonds. The Hall–Kier alpha value is -2.43. The van der Waals surface area contributed by atoms with E-state index in [-0.39, 0.29) is 11.7 Å². The third kappa shape index (κ3) is 5.99. The van der Waals surface area contributed by atoms with E-state index in [1.54, 1.807) is 12.3 Å². The van der Waals surface area contributed by atoms with E-state index in [9.17, 15) is 9.18 Å². The van der Waals surface area contributed by atoms with E-state index in [1.807, 2.05) is 18.2 Å². The molecule has 0 saturated heterocycles. The van der Waals surface area contributed by atoms with E-state index < -0.39 is 0 Å². The summed E-state index contributed by atoms with van der Waals surface area (Å²) >= 11 is 0. The Morgan fingerprint density at radius 1 is 1.29 bits per heavy atom. The molecule has 128 valence electrons. The molecule has 5 heteroatoms. The smallest absolute Gasteiger partial charge is 0.220 e. The van der Waals surface area contributed by atoms with Gasteiger partial charge in [-0.25, -0.2) is 9.37 Å². The first-order valence-electron chi connectivity index (χ1n) is 8.27. The van der Waals surface area contributed by atoms with Crippen LogP contribution in [0.15, 0.2) is 42.6 Å². The molecule has 0 spiro atoms. The highest BCUT2D eigenvalue weighted by atomic mass is 19.1. The fourth-order valence-electron chi connectivity index (χ4n) is 2.23. The number of carbonyl (C=O) groups is 1. The van der Waals surface area contributed by atoms with Gasteiger partial charge in [0.05, 0.1) is 6.61 Å². The number of amides is 1. The SMILES string of the molecule is CCCCOc1ncccc1CNC(=O)CCc1cccc(F)c1. The minimum absolute atomic E-state index is 0.0809. The number of carbonyl (C=O) groups excluding carboxylic acids is 1. The molecular weight excluding hydrogens is 307 g/mol. The molecule has 2 aromatic rings. The van der Waals surface area contributed by atoms with Crippen molar-refractivity contribution in [1.29, 1.82) is 0 Å². The molecule has 0 aliphatic carbocycles. The highest BCUT2D eigenvalue weighted by molar-refractivity contribution is 5.76. The van der Waals surface area contributed by atoms with Crippen molar-refractivity contribution >= 4 is 5.91 Å². The summed E-state index contributed by atoms with van der Waals surface area (Å²) in [5.74, 6) is 0.205. The zero-order valence-electron chi connectivity index (χ0n) is 13.9. The van der Waals surface area contributed by atoms with E-state index >= 15 is 0 Å². The first-order chi connectivity index (χ1) is 11.7. The van der Waals surface area contributed by atoms with Crippen molar-refractivity contribution in [2.24, 2.45) is 0 Å². The summed E-state index contributed by atoms with van der Waals surface area (Å²) in [5, 5.41) is 2.86. The minimum Gasteiger partial charge on any atom is -0.477 e. The third-order valence-corrected chi connectivity index (χ3v) is 3.59. The molecule has 1 heterocycles. The van der Waals surface area contributed by atoms with Crippen LogP contribution in [-0.4, -0.2) is 17.5 Å². The third-order valence-electron chi connectivity index (χ3n) is 3.59. The normalized spacial score (nSPS) is 10.4. The molecule has 0 fully saturated rings. The molecular formula is C19H23FN2O2. The molecule has 0 aliphatic heterocycles. The molecule has 1 aromatic heterocycles. The fourth-order valence-corrected chi connectivity index (χ4v) is 2.23. The average molecular weight is 330 g/mol. The molecule has 0 saturated carbocycles. The number of ether oxygens (including phenoxy) is 1. The van der Waals surface area contributed by atoms with Crippen LogP contribution in [0.25, 0.3) is 0 Å². The number of benzene rings is 1. The molecule has 0 radical (unpaired) electrons. The maximum atomic E-state index is 13.1. The number of pyridine rings is 1. The zero-order chi connectivity index (χ0) is 17.2. The van der Waals surface area contributed by atoms with Gasteiger partial charge in [-0.05, 0) is 36.6 Å². The lowest BCUT2D eigenvalue weighted by Gasteiger charge is -2.11. The van der Waals surface area contributed by atoms with Crippen molar-refractivity contribution in [3.05, 3.63) is 59.5 Å². The topological polar surface area (TPSA) is 51.2 Å². The van der Waals surface area contributed by atoms with E-state index in [4.69, 9.17) is 4.74 Å². The quantitative estimate of drug-likeness (QED) is 0.714. The maximum absolute atomic E-state index is 13.1. The van der Waals surface area contributed by atoms with Gasteiger partial charge in [0, 0.05) is 24.7 Å². The van der Waals surface area contributed by atoms with Crippen LogP contribution in [0.2, 0.25) is 0 Å². The highest BCUT2D eigenvalue weighted by Gasteiger charge is 2.07. The van der Waals surface area contributed by atoms with Gasteiger partial charge >= 0.3 is 0 Å². The summed E-state index contributed by atoms with van der Waals surface area (Å²) in [6.45, 7) is 3.09. The maximum Gasteiger partial charge on any atom is 0.220 e. The van der Waals surface area contributed by atoms with Crippen LogP contribution in [0.5, 0.6) is 5.88 Å². The van der Waals surface area contributed by atoms with E-state index in [2.05, 4.69) is 17.2 Å². The molecule has 0 bridgehead atoms. The van der Waals surface area contributed by atoms with Crippen LogP contribution in [0.1, 0.15) is 37.3 Å². The number of hydrogen-bond acceptors (Lipinski definition) is 3. The van der Waals surface area contributed by atoms with Gasteiger partial charge in [-0.3, -0.25) is 4.79 Å². The van der Waals surface area contributed by atoms with Gasteiger partial charge in [-0.15, -0.1) is 0 Å². The predicted molar refractivity (Wildman–Crippen MR) is 91.2 cm³/mol. The van der Waals surface area contributed by atoms with Crippen molar-refractivity contribution < 1.29 is 13.9 Å². The van der Waals surface area contributed by atoms with Gasteiger partial charge in [-0.1, -0.05) is 31.5 Å². The second-order valence-electron chi connectivity index (χ2n) is 5.58. The largest absolute Gasteiger partial charge is 0.477 e. The Labute approximate surface area is 142 Å².